The number of nitrogens with one attached hydrogen (secondary N) is 1. The monoisotopic (exact) mass is 377 g/mol. The van der Waals surface area contributed by atoms with E-state index in [-0.39, 0.29) is 39.4 Å². The van der Waals surface area contributed by atoms with E-state index in [0.29, 0.717) is 0 Å². The maximum absolute atomic E-state index is 13.0. The first-order chi connectivity index (χ1) is 12.7. The van der Waals surface area contributed by atoms with E-state index in [1.807, 2.05) is 0 Å². The molecule has 0 spiro atoms. The van der Waals surface area contributed by atoms with Crippen molar-refractivity contribution in [3.63, 3.8) is 0 Å². The molecule has 2 aromatic carbocycles. The highest BCUT2D eigenvalue weighted by Crippen LogP contribution is 2.39. The number of allylic oxidation sites excluding steroid dienone is 1. The summed E-state index contributed by atoms with van der Waals surface area (Å²) in [4.78, 5) is 25.9. The molecule has 140 valence electrons. The maximum atomic E-state index is 13.0. The molecule has 0 heterocycles. The summed E-state index contributed by atoms with van der Waals surface area (Å²) in [5, 5.41) is 2.10. The fourth-order valence-electron chi connectivity index (χ4n) is 2.90. The van der Waals surface area contributed by atoms with Crippen LogP contribution in [0.3, 0.4) is 0 Å². The number of ether oxygens (including phenoxy) is 2. The van der Waals surface area contributed by atoms with E-state index in [9.17, 15) is 22.8 Å². The molecule has 3 rings (SSSR count). The van der Waals surface area contributed by atoms with Gasteiger partial charge < -0.3 is 14.8 Å². The molecule has 0 saturated heterocycles. The van der Waals surface area contributed by atoms with Crippen molar-refractivity contribution in [2.24, 2.45) is 0 Å². The molecule has 0 saturated carbocycles. The molecule has 27 heavy (non-hydrogen) atoms. The normalized spacial score (nSPS) is 12.9. The molecule has 0 fully saturated rings. The zero-order valence-electron chi connectivity index (χ0n) is 14.4. The number of hydrogen-bond acceptors (Lipinski definition) is 5. The van der Waals surface area contributed by atoms with E-state index in [1.165, 1.54) is 32.4 Å². The quantitative estimate of drug-likeness (QED) is 0.746. The SMILES string of the molecule is C=C(Nc1cc(OC)c2c(c1)C(=O)c1cccc(OC)c1C2=O)C(F)(F)F. The minimum atomic E-state index is -4.66. The van der Waals surface area contributed by atoms with Crippen LogP contribution in [0.25, 0.3) is 0 Å². The van der Waals surface area contributed by atoms with Gasteiger partial charge in [0.1, 0.15) is 17.2 Å². The smallest absolute Gasteiger partial charge is 0.430 e. The minimum Gasteiger partial charge on any atom is -0.496 e. The second-order valence-corrected chi connectivity index (χ2v) is 5.74. The highest BCUT2D eigenvalue weighted by Gasteiger charge is 2.36. The summed E-state index contributed by atoms with van der Waals surface area (Å²) in [6, 6.07) is 6.95. The standard InChI is InChI=1S/C19H14F3NO4/c1-9(19(20,21)22)23-10-7-12-16(14(8-10)27-3)18(25)15-11(17(12)24)5-4-6-13(15)26-2/h4-8,23H,1H2,2-3H3. The van der Waals surface area contributed by atoms with Crippen LogP contribution in [0.2, 0.25) is 0 Å². The Morgan fingerprint density at radius 3 is 2.19 bits per heavy atom. The third-order valence-corrected chi connectivity index (χ3v) is 4.15. The molecule has 0 atom stereocenters. The highest BCUT2D eigenvalue weighted by molar-refractivity contribution is 6.30. The number of carbonyl (C=O) groups excluding carboxylic acids is 2. The minimum absolute atomic E-state index is 0.0253. The molecule has 0 aliphatic heterocycles. The van der Waals surface area contributed by atoms with Crippen molar-refractivity contribution in [3.8, 4) is 11.5 Å². The molecule has 0 aromatic heterocycles. The van der Waals surface area contributed by atoms with Crippen molar-refractivity contribution < 1.29 is 32.2 Å². The first kappa shape index (κ1) is 18.5. The lowest BCUT2D eigenvalue weighted by atomic mass is 9.82. The Morgan fingerprint density at radius 2 is 1.59 bits per heavy atom. The molecule has 8 heteroatoms. The summed E-state index contributed by atoms with van der Waals surface area (Å²) in [6.07, 6.45) is -4.66. The number of methoxy groups -OCH3 is 2. The summed E-state index contributed by atoms with van der Waals surface area (Å²) >= 11 is 0. The van der Waals surface area contributed by atoms with E-state index in [4.69, 9.17) is 9.47 Å². The van der Waals surface area contributed by atoms with Crippen LogP contribution in [0.1, 0.15) is 31.8 Å². The number of rotatable bonds is 4. The Balaban J connectivity index is 2.17. The van der Waals surface area contributed by atoms with Crippen LogP contribution in [0.15, 0.2) is 42.6 Å². The van der Waals surface area contributed by atoms with Gasteiger partial charge in [0.05, 0.1) is 25.3 Å². The van der Waals surface area contributed by atoms with Crippen LogP contribution >= 0.6 is 0 Å². The lowest BCUT2D eigenvalue weighted by Crippen LogP contribution is -2.23. The maximum Gasteiger partial charge on any atom is 0.430 e. The van der Waals surface area contributed by atoms with Crippen LogP contribution in [-0.4, -0.2) is 32.0 Å². The fraction of sp³-hybridized carbons (Fsp3) is 0.158. The zero-order chi connectivity index (χ0) is 19.9. The van der Waals surface area contributed by atoms with E-state index < -0.39 is 23.4 Å². The topological polar surface area (TPSA) is 64.6 Å². The molecule has 5 nitrogen and oxygen atoms in total. The number of ketones is 2. The lowest BCUT2D eigenvalue weighted by molar-refractivity contribution is -0.0898. The van der Waals surface area contributed by atoms with Crippen molar-refractivity contribution >= 4 is 17.3 Å². The molecule has 1 aliphatic carbocycles. The average Bonchev–Trinajstić information content (AvgIpc) is 2.63. The van der Waals surface area contributed by atoms with Gasteiger partial charge >= 0.3 is 6.18 Å². The number of alkyl halides is 3. The van der Waals surface area contributed by atoms with Gasteiger partial charge in [0.25, 0.3) is 0 Å². The summed E-state index contributed by atoms with van der Waals surface area (Å²) in [5.74, 6) is -0.820. The first-order valence-corrected chi connectivity index (χ1v) is 7.70. The van der Waals surface area contributed by atoms with Crippen molar-refractivity contribution in [1.29, 1.82) is 0 Å². The van der Waals surface area contributed by atoms with E-state index in [2.05, 4.69) is 11.9 Å². The number of carbonyl (C=O) groups is 2. The van der Waals surface area contributed by atoms with Gasteiger partial charge in [0, 0.05) is 22.9 Å². The molecule has 1 aliphatic rings. The second kappa shape index (κ2) is 6.46. The van der Waals surface area contributed by atoms with Crippen LogP contribution in [0.5, 0.6) is 11.5 Å². The summed E-state index contributed by atoms with van der Waals surface area (Å²) in [7, 11) is 2.63. The third-order valence-electron chi connectivity index (χ3n) is 4.15. The number of halogens is 3. The van der Waals surface area contributed by atoms with E-state index >= 15 is 0 Å². The molecule has 0 bridgehead atoms. The predicted octanol–water partition coefficient (Wildman–Crippen LogP) is 3.97. The molecule has 1 N–H and O–H groups in total. The zero-order valence-corrected chi connectivity index (χ0v) is 14.4. The van der Waals surface area contributed by atoms with Gasteiger partial charge in [-0.2, -0.15) is 13.2 Å². The molecule has 0 unspecified atom stereocenters. The number of fused-ring (bicyclic) bond motifs is 2. The summed E-state index contributed by atoms with van der Waals surface area (Å²) in [5.41, 5.74) is -1.15. The Bertz CT molecular complexity index is 980. The Hall–Kier alpha value is -3.29. The van der Waals surface area contributed by atoms with Crippen molar-refractivity contribution in [2.45, 2.75) is 6.18 Å². The van der Waals surface area contributed by atoms with E-state index in [1.54, 1.807) is 12.1 Å². The number of anilines is 1. The van der Waals surface area contributed by atoms with Crippen LogP contribution < -0.4 is 14.8 Å². The first-order valence-electron chi connectivity index (χ1n) is 7.70. The van der Waals surface area contributed by atoms with Gasteiger partial charge in [0.2, 0.25) is 5.78 Å². The van der Waals surface area contributed by atoms with Crippen LogP contribution in [0, 0.1) is 0 Å². The van der Waals surface area contributed by atoms with Gasteiger partial charge in [0.15, 0.2) is 5.78 Å². The highest BCUT2D eigenvalue weighted by atomic mass is 19.4. The third kappa shape index (κ3) is 3.03. The van der Waals surface area contributed by atoms with Gasteiger partial charge in [-0.15, -0.1) is 0 Å². The number of benzene rings is 2. The lowest BCUT2D eigenvalue weighted by Gasteiger charge is -2.23. The van der Waals surface area contributed by atoms with Crippen molar-refractivity contribution in [3.05, 3.63) is 64.9 Å². The largest absolute Gasteiger partial charge is 0.496 e. The molecule has 2 aromatic rings. The number of hydrogen-bond donors (Lipinski definition) is 1. The van der Waals surface area contributed by atoms with Crippen molar-refractivity contribution in [1.82, 2.24) is 0 Å². The van der Waals surface area contributed by atoms with E-state index in [0.717, 1.165) is 0 Å². The fourth-order valence-corrected chi connectivity index (χ4v) is 2.90. The Labute approximate surface area is 152 Å². The second-order valence-electron chi connectivity index (χ2n) is 5.74. The van der Waals surface area contributed by atoms with Gasteiger partial charge in [-0.25, -0.2) is 0 Å². The Morgan fingerprint density at radius 1 is 0.963 bits per heavy atom. The van der Waals surface area contributed by atoms with Crippen LogP contribution in [-0.2, 0) is 0 Å². The molecular weight excluding hydrogens is 363 g/mol. The summed E-state index contributed by atoms with van der Waals surface area (Å²) in [6.45, 7) is 2.94. The van der Waals surface area contributed by atoms with Gasteiger partial charge in [-0.3, -0.25) is 9.59 Å². The molecular formula is C19H14F3NO4. The van der Waals surface area contributed by atoms with Gasteiger partial charge in [-0.05, 0) is 12.1 Å². The Kier molecular flexibility index (Phi) is 4.43. The molecule has 0 radical (unpaired) electrons. The van der Waals surface area contributed by atoms with Crippen LogP contribution in [0.4, 0.5) is 18.9 Å². The van der Waals surface area contributed by atoms with Crippen molar-refractivity contribution in [2.75, 3.05) is 19.5 Å². The predicted molar refractivity (Wildman–Crippen MR) is 91.7 cm³/mol. The molecule has 0 amide bonds. The van der Waals surface area contributed by atoms with Gasteiger partial charge in [-0.1, -0.05) is 18.7 Å². The summed E-state index contributed by atoms with van der Waals surface area (Å²) < 4.78 is 48.6. The average molecular weight is 377 g/mol.